The van der Waals surface area contributed by atoms with E-state index in [1.165, 1.54) is 44.9 Å². The maximum atomic E-state index is 12.8. The maximum absolute atomic E-state index is 12.8. The number of fused-ring (bicyclic) bond motifs is 5. The van der Waals surface area contributed by atoms with Crippen molar-refractivity contribution in [2.75, 3.05) is 6.61 Å². The molecule has 4 saturated carbocycles. The summed E-state index contributed by atoms with van der Waals surface area (Å²) in [6, 6.07) is 0. The lowest BCUT2D eigenvalue weighted by Crippen LogP contribution is -2.54. The predicted octanol–water partition coefficient (Wildman–Crippen LogP) is 8.69. The Morgan fingerprint density at radius 3 is 2.31 bits per heavy atom. The SMILES string of the molecule is CCOC(C)C(CCC(C)C1CCC2C3CCC4CC(OC(=O)C(C)(C)CC)CCC4(C)C3CCC12C)OO. The number of hydrogen-bond acceptors (Lipinski definition) is 5. The van der Waals surface area contributed by atoms with Crippen LogP contribution in [0.3, 0.4) is 0 Å². The summed E-state index contributed by atoms with van der Waals surface area (Å²) in [6.45, 7) is 18.4. The van der Waals surface area contributed by atoms with Crippen LogP contribution in [0.2, 0.25) is 0 Å². The molecular weight excluding hydrogens is 488 g/mol. The number of carbonyl (C=O) groups is 1. The van der Waals surface area contributed by atoms with Crippen molar-refractivity contribution >= 4 is 5.97 Å². The van der Waals surface area contributed by atoms with E-state index in [0.717, 1.165) is 55.8 Å². The molecule has 0 saturated heterocycles. The number of esters is 1. The first-order valence-electron chi connectivity index (χ1n) is 16.5. The fraction of sp³-hybridized carbons (Fsp3) is 0.971. The van der Waals surface area contributed by atoms with E-state index in [1.54, 1.807) is 0 Å². The summed E-state index contributed by atoms with van der Waals surface area (Å²) in [5.74, 6) is 4.60. The van der Waals surface area contributed by atoms with Crippen molar-refractivity contribution in [2.45, 2.75) is 151 Å². The van der Waals surface area contributed by atoms with Crippen LogP contribution in [-0.4, -0.2) is 36.1 Å². The zero-order chi connectivity index (χ0) is 28.6. The molecule has 5 nitrogen and oxygen atoms in total. The van der Waals surface area contributed by atoms with Gasteiger partial charge in [0.25, 0.3) is 0 Å². The van der Waals surface area contributed by atoms with Gasteiger partial charge in [0.15, 0.2) is 0 Å². The lowest BCUT2D eigenvalue weighted by molar-refractivity contribution is -0.300. The summed E-state index contributed by atoms with van der Waals surface area (Å²) in [6.07, 6.45) is 14.0. The molecule has 0 spiro atoms. The quantitative estimate of drug-likeness (QED) is 0.159. The van der Waals surface area contributed by atoms with Crippen molar-refractivity contribution < 1.29 is 24.4 Å². The largest absolute Gasteiger partial charge is 0.462 e. The number of ether oxygens (including phenoxy) is 2. The van der Waals surface area contributed by atoms with E-state index in [2.05, 4.69) is 27.7 Å². The molecule has 1 N–H and O–H groups in total. The second-order valence-electron chi connectivity index (χ2n) is 15.3. The molecule has 0 aromatic carbocycles. The minimum Gasteiger partial charge on any atom is -0.462 e. The van der Waals surface area contributed by atoms with Gasteiger partial charge in [-0.2, -0.15) is 0 Å². The van der Waals surface area contributed by atoms with Gasteiger partial charge in [-0.1, -0.05) is 27.7 Å². The minimum atomic E-state index is -0.379. The van der Waals surface area contributed by atoms with Gasteiger partial charge in [0.1, 0.15) is 12.2 Å². The van der Waals surface area contributed by atoms with Crippen LogP contribution in [0.5, 0.6) is 0 Å². The van der Waals surface area contributed by atoms with Crippen molar-refractivity contribution in [2.24, 2.45) is 51.8 Å². The normalized spacial score (nSPS) is 40.6. The van der Waals surface area contributed by atoms with Gasteiger partial charge in [0.2, 0.25) is 0 Å². The summed E-state index contributed by atoms with van der Waals surface area (Å²) >= 11 is 0. The Labute approximate surface area is 239 Å². The Hall–Kier alpha value is -0.650. The topological polar surface area (TPSA) is 65.0 Å². The second-order valence-corrected chi connectivity index (χ2v) is 15.3. The van der Waals surface area contributed by atoms with Gasteiger partial charge in [-0.15, -0.1) is 0 Å². The van der Waals surface area contributed by atoms with Gasteiger partial charge in [0.05, 0.1) is 11.5 Å². The molecule has 0 aromatic rings. The lowest BCUT2D eigenvalue weighted by atomic mass is 9.44. The van der Waals surface area contributed by atoms with Crippen LogP contribution in [-0.2, 0) is 19.2 Å². The molecule has 226 valence electrons. The first-order valence-corrected chi connectivity index (χ1v) is 16.5. The van der Waals surface area contributed by atoms with Crippen LogP contribution in [0.25, 0.3) is 0 Å². The molecule has 4 aliphatic rings. The van der Waals surface area contributed by atoms with Gasteiger partial charge in [-0.05, 0) is 151 Å². The first kappa shape index (κ1) is 31.3. The van der Waals surface area contributed by atoms with Crippen LogP contribution in [0, 0.1) is 51.8 Å². The molecule has 0 bridgehead atoms. The Morgan fingerprint density at radius 1 is 0.949 bits per heavy atom. The zero-order valence-electron chi connectivity index (χ0n) is 26.5. The molecule has 5 heteroatoms. The molecule has 0 aromatic heterocycles. The molecule has 0 radical (unpaired) electrons. The van der Waals surface area contributed by atoms with E-state index in [4.69, 9.17) is 14.4 Å². The first-order chi connectivity index (χ1) is 18.4. The highest BCUT2D eigenvalue weighted by molar-refractivity contribution is 5.76. The Morgan fingerprint density at radius 2 is 1.64 bits per heavy atom. The van der Waals surface area contributed by atoms with E-state index in [-0.39, 0.29) is 29.7 Å². The van der Waals surface area contributed by atoms with E-state index >= 15 is 0 Å². The van der Waals surface area contributed by atoms with Gasteiger partial charge < -0.3 is 9.47 Å². The Bertz CT molecular complexity index is 826. The minimum absolute atomic E-state index is 0.00365. The van der Waals surface area contributed by atoms with E-state index < -0.39 is 0 Å². The van der Waals surface area contributed by atoms with E-state index in [1.807, 2.05) is 27.7 Å². The highest BCUT2D eigenvalue weighted by atomic mass is 17.1. The molecule has 0 heterocycles. The van der Waals surface area contributed by atoms with Crippen molar-refractivity contribution in [3.05, 3.63) is 0 Å². The summed E-state index contributed by atoms with van der Waals surface area (Å²) in [5, 5.41) is 9.49. The van der Waals surface area contributed by atoms with Crippen LogP contribution in [0.15, 0.2) is 0 Å². The smallest absolute Gasteiger partial charge is 0.311 e. The highest BCUT2D eigenvalue weighted by Gasteiger charge is 2.60. The molecule has 39 heavy (non-hydrogen) atoms. The van der Waals surface area contributed by atoms with Gasteiger partial charge >= 0.3 is 5.97 Å². The highest BCUT2D eigenvalue weighted by Crippen LogP contribution is 2.68. The van der Waals surface area contributed by atoms with E-state index in [9.17, 15) is 10.1 Å². The van der Waals surface area contributed by atoms with Crippen molar-refractivity contribution in [3.63, 3.8) is 0 Å². The third-order valence-corrected chi connectivity index (χ3v) is 13.1. The van der Waals surface area contributed by atoms with Crippen molar-refractivity contribution in [1.29, 1.82) is 0 Å². The third-order valence-electron chi connectivity index (χ3n) is 13.1. The molecule has 4 rings (SSSR count). The molecule has 0 aliphatic heterocycles. The number of carbonyl (C=O) groups excluding carboxylic acids is 1. The van der Waals surface area contributed by atoms with Gasteiger partial charge in [-0.3, -0.25) is 10.1 Å². The molecule has 11 unspecified atom stereocenters. The monoisotopic (exact) mass is 548 g/mol. The van der Waals surface area contributed by atoms with Gasteiger partial charge in [-0.25, -0.2) is 4.89 Å². The fourth-order valence-corrected chi connectivity index (χ4v) is 10.1. The average molecular weight is 549 g/mol. The zero-order valence-corrected chi connectivity index (χ0v) is 26.5. The summed E-state index contributed by atoms with van der Waals surface area (Å²) in [7, 11) is 0. The summed E-state index contributed by atoms with van der Waals surface area (Å²) in [5.41, 5.74) is 0.456. The lowest BCUT2D eigenvalue weighted by Gasteiger charge is -2.61. The molecule has 0 amide bonds. The van der Waals surface area contributed by atoms with Crippen LogP contribution in [0.4, 0.5) is 0 Å². The third kappa shape index (κ3) is 5.98. The van der Waals surface area contributed by atoms with Crippen molar-refractivity contribution in [1.82, 2.24) is 0 Å². The Kier molecular flexibility index (Phi) is 9.87. The summed E-state index contributed by atoms with van der Waals surface area (Å²) < 4.78 is 11.8. The maximum Gasteiger partial charge on any atom is 0.311 e. The van der Waals surface area contributed by atoms with Crippen LogP contribution < -0.4 is 0 Å². The van der Waals surface area contributed by atoms with Gasteiger partial charge in [0, 0.05) is 6.61 Å². The number of rotatable bonds is 11. The van der Waals surface area contributed by atoms with Crippen molar-refractivity contribution in [3.8, 4) is 0 Å². The second kappa shape index (κ2) is 12.3. The molecule has 4 fully saturated rings. The van der Waals surface area contributed by atoms with Crippen LogP contribution >= 0.6 is 0 Å². The average Bonchev–Trinajstić information content (AvgIpc) is 3.26. The molecular formula is C34H60O5. The number of hydrogen-bond donors (Lipinski definition) is 1. The summed E-state index contributed by atoms with van der Waals surface area (Å²) in [4.78, 5) is 17.6. The van der Waals surface area contributed by atoms with Crippen LogP contribution in [0.1, 0.15) is 132 Å². The standard InChI is InChI=1S/C34H60O5/c1-9-32(5,6)31(35)38-25-17-19-33(7)24(21-25)12-13-26-28-15-14-27(34(28,8)20-18-29(26)33)22(3)11-16-30(39-36)23(4)37-10-2/h22-30,36H,9-21H2,1-8H3. The Balaban J connectivity index is 1.38. The van der Waals surface area contributed by atoms with E-state index in [0.29, 0.717) is 29.3 Å². The fourth-order valence-electron chi connectivity index (χ4n) is 10.1. The molecule has 4 aliphatic carbocycles. The predicted molar refractivity (Wildman–Crippen MR) is 156 cm³/mol. The molecule has 11 atom stereocenters.